The Morgan fingerprint density at radius 2 is 1.73 bits per heavy atom. The van der Waals surface area contributed by atoms with Crippen LogP contribution in [0.1, 0.15) is 31.4 Å². The highest BCUT2D eigenvalue weighted by atomic mass is 16.5. The zero-order chi connectivity index (χ0) is 15.9. The van der Waals surface area contributed by atoms with E-state index in [1.165, 1.54) is 0 Å². The molecule has 0 amide bonds. The Kier molecular flexibility index (Phi) is 5.84. The normalized spacial score (nSPS) is 13.6. The molecule has 2 atom stereocenters. The Morgan fingerprint density at radius 1 is 1.00 bits per heavy atom. The second-order valence-corrected chi connectivity index (χ2v) is 5.83. The van der Waals surface area contributed by atoms with E-state index in [-0.39, 0.29) is 17.8 Å². The number of aliphatic hydroxyl groups is 1. The number of aliphatic hydroxyl groups excluding tert-OH is 1. The van der Waals surface area contributed by atoms with Crippen LogP contribution in [0.3, 0.4) is 0 Å². The van der Waals surface area contributed by atoms with Gasteiger partial charge in [-0.3, -0.25) is 0 Å². The van der Waals surface area contributed by atoms with Crippen molar-refractivity contribution in [3.05, 3.63) is 59.7 Å². The number of phenolic OH excluding ortho intramolecular Hbond substituents is 1. The maximum atomic E-state index is 10.1. The van der Waals surface area contributed by atoms with E-state index in [0.29, 0.717) is 12.4 Å². The Balaban J connectivity index is 1.92. The molecule has 0 heterocycles. The van der Waals surface area contributed by atoms with Crippen molar-refractivity contribution in [1.82, 2.24) is 0 Å². The lowest BCUT2D eigenvalue weighted by Crippen LogP contribution is -2.13. The van der Waals surface area contributed by atoms with Gasteiger partial charge in [0, 0.05) is 0 Å². The standard InChI is InChI=1S/C19H24O3/c1-14(15(2)20)8-9-16-10-11-19(18(21)12-16)22-13-17-6-4-3-5-7-17/h3-7,10-12,14-15,20-21H,8-9,13H2,1-2H3/t14-,15?/m0/s1. The van der Waals surface area contributed by atoms with Crippen molar-refractivity contribution < 1.29 is 14.9 Å². The van der Waals surface area contributed by atoms with Gasteiger partial charge in [-0.25, -0.2) is 0 Å². The van der Waals surface area contributed by atoms with Gasteiger partial charge in [-0.05, 0) is 48.9 Å². The van der Waals surface area contributed by atoms with Gasteiger partial charge in [-0.1, -0.05) is 43.3 Å². The summed E-state index contributed by atoms with van der Waals surface area (Å²) >= 11 is 0. The second-order valence-electron chi connectivity index (χ2n) is 5.83. The predicted octanol–water partition coefficient (Wildman–Crippen LogP) is 3.92. The third kappa shape index (κ3) is 4.78. The maximum Gasteiger partial charge on any atom is 0.161 e. The zero-order valence-electron chi connectivity index (χ0n) is 13.2. The highest BCUT2D eigenvalue weighted by Gasteiger charge is 2.10. The van der Waals surface area contributed by atoms with E-state index in [2.05, 4.69) is 0 Å². The summed E-state index contributed by atoms with van der Waals surface area (Å²) in [6.45, 7) is 4.28. The highest BCUT2D eigenvalue weighted by molar-refractivity contribution is 5.42. The molecule has 3 nitrogen and oxygen atoms in total. The van der Waals surface area contributed by atoms with Gasteiger partial charge in [0.15, 0.2) is 11.5 Å². The predicted molar refractivity (Wildman–Crippen MR) is 88.0 cm³/mol. The first-order valence-corrected chi connectivity index (χ1v) is 7.73. The van der Waals surface area contributed by atoms with Crippen LogP contribution >= 0.6 is 0 Å². The fourth-order valence-electron chi connectivity index (χ4n) is 2.21. The second kappa shape index (κ2) is 7.85. The van der Waals surface area contributed by atoms with E-state index in [1.807, 2.05) is 50.2 Å². The van der Waals surface area contributed by atoms with Gasteiger partial charge in [-0.2, -0.15) is 0 Å². The average Bonchev–Trinajstić information content (AvgIpc) is 2.52. The van der Waals surface area contributed by atoms with Gasteiger partial charge in [0.05, 0.1) is 6.10 Å². The van der Waals surface area contributed by atoms with Crippen LogP contribution in [0.15, 0.2) is 48.5 Å². The average molecular weight is 300 g/mol. The highest BCUT2D eigenvalue weighted by Crippen LogP contribution is 2.28. The molecule has 1 unspecified atom stereocenters. The molecule has 0 aliphatic carbocycles. The summed E-state index contributed by atoms with van der Waals surface area (Å²) < 4.78 is 5.65. The van der Waals surface area contributed by atoms with Crippen LogP contribution in [0, 0.1) is 5.92 Å². The van der Waals surface area contributed by atoms with Crippen LogP contribution in [0.2, 0.25) is 0 Å². The van der Waals surface area contributed by atoms with Crippen molar-refractivity contribution in [2.24, 2.45) is 5.92 Å². The first kappa shape index (κ1) is 16.4. The van der Waals surface area contributed by atoms with Crippen LogP contribution < -0.4 is 4.74 Å². The molecule has 2 aromatic rings. The van der Waals surface area contributed by atoms with Crippen LogP contribution in [0.4, 0.5) is 0 Å². The van der Waals surface area contributed by atoms with E-state index in [4.69, 9.17) is 4.74 Å². The van der Waals surface area contributed by atoms with E-state index in [1.54, 1.807) is 12.1 Å². The molecule has 0 bridgehead atoms. The lowest BCUT2D eigenvalue weighted by molar-refractivity contribution is 0.130. The van der Waals surface area contributed by atoms with Gasteiger partial charge in [0.25, 0.3) is 0 Å². The van der Waals surface area contributed by atoms with Crippen molar-refractivity contribution >= 4 is 0 Å². The van der Waals surface area contributed by atoms with Gasteiger partial charge >= 0.3 is 0 Å². The lowest BCUT2D eigenvalue weighted by atomic mass is 9.97. The van der Waals surface area contributed by atoms with Crippen molar-refractivity contribution in [2.75, 3.05) is 0 Å². The minimum absolute atomic E-state index is 0.165. The third-order valence-corrected chi connectivity index (χ3v) is 3.97. The number of aromatic hydroxyl groups is 1. The quantitative estimate of drug-likeness (QED) is 0.815. The summed E-state index contributed by atoms with van der Waals surface area (Å²) in [5.74, 6) is 0.908. The fourth-order valence-corrected chi connectivity index (χ4v) is 2.21. The van der Waals surface area contributed by atoms with E-state index in [0.717, 1.165) is 24.0 Å². The Bertz CT molecular complexity index is 578. The Hall–Kier alpha value is -2.00. The first-order chi connectivity index (χ1) is 10.6. The number of benzene rings is 2. The zero-order valence-corrected chi connectivity index (χ0v) is 13.2. The molecule has 3 heteroatoms. The van der Waals surface area contributed by atoms with Crippen molar-refractivity contribution in [3.8, 4) is 11.5 Å². The van der Waals surface area contributed by atoms with E-state index >= 15 is 0 Å². The number of aryl methyl sites for hydroxylation is 1. The summed E-state index contributed by atoms with van der Waals surface area (Å²) in [6.07, 6.45) is 1.42. The minimum atomic E-state index is -0.304. The molecule has 0 spiro atoms. The molecule has 0 aliphatic rings. The van der Waals surface area contributed by atoms with Crippen molar-refractivity contribution in [1.29, 1.82) is 0 Å². The topological polar surface area (TPSA) is 49.7 Å². The van der Waals surface area contributed by atoms with Gasteiger partial charge in [0.2, 0.25) is 0 Å². The molecule has 0 fully saturated rings. The molecule has 0 saturated carbocycles. The molecule has 0 radical (unpaired) electrons. The minimum Gasteiger partial charge on any atom is -0.504 e. The molecule has 0 saturated heterocycles. The molecule has 22 heavy (non-hydrogen) atoms. The summed E-state index contributed by atoms with van der Waals surface area (Å²) in [6, 6.07) is 15.4. The molecule has 2 aromatic carbocycles. The Morgan fingerprint density at radius 3 is 2.36 bits per heavy atom. The maximum absolute atomic E-state index is 10.1. The van der Waals surface area contributed by atoms with Crippen LogP contribution in [-0.4, -0.2) is 16.3 Å². The van der Waals surface area contributed by atoms with Crippen molar-refractivity contribution in [2.45, 2.75) is 39.4 Å². The number of hydrogen-bond donors (Lipinski definition) is 2. The van der Waals surface area contributed by atoms with Crippen LogP contribution in [0.5, 0.6) is 11.5 Å². The summed E-state index contributed by atoms with van der Waals surface area (Å²) in [5, 5.41) is 19.6. The van der Waals surface area contributed by atoms with Crippen LogP contribution in [-0.2, 0) is 13.0 Å². The Labute approximate surface area is 132 Å². The summed E-state index contributed by atoms with van der Waals surface area (Å²) in [7, 11) is 0. The number of ether oxygens (including phenoxy) is 1. The summed E-state index contributed by atoms with van der Waals surface area (Å²) in [4.78, 5) is 0. The number of hydrogen-bond acceptors (Lipinski definition) is 3. The summed E-state index contributed by atoms with van der Waals surface area (Å²) in [5.41, 5.74) is 2.12. The van der Waals surface area contributed by atoms with Crippen molar-refractivity contribution in [3.63, 3.8) is 0 Å². The first-order valence-electron chi connectivity index (χ1n) is 7.73. The third-order valence-electron chi connectivity index (χ3n) is 3.97. The number of rotatable bonds is 7. The largest absolute Gasteiger partial charge is 0.504 e. The smallest absolute Gasteiger partial charge is 0.161 e. The van der Waals surface area contributed by atoms with Gasteiger partial charge in [0.1, 0.15) is 6.61 Å². The molecule has 2 rings (SSSR count). The SMILES string of the molecule is CC(O)[C@@H](C)CCc1ccc(OCc2ccccc2)c(O)c1. The molecule has 118 valence electrons. The van der Waals surface area contributed by atoms with E-state index < -0.39 is 0 Å². The molecule has 0 aliphatic heterocycles. The number of phenols is 1. The fraction of sp³-hybridized carbons (Fsp3) is 0.368. The lowest BCUT2D eigenvalue weighted by Gasteiger charge is -2.14. The monoisotopic (exact) mass is 300 g/mol. The van der Waals surface area contributed by atoms with E-state index in [9.17, 15) is 10.2 Å². The molecule has 0 aromatic heterocycles. The molecular weight excluding hydrogens is 276 g/mol. The van der Waals surface area contributed by atoms with Gasteiger partial charge in [-0.15, -0.1) is 0 Å². The molecule has 2 N–H and O–H groups in total. The van der Waals surface area contributed by atoms with Gasteiger partial charge < -0.3 is 14.9 Å². The molecular formula is C19H24O3. The van der Waals surface area contributed by atoms with Crippen LogP contribution in [0.25, 0.3) is 0 Å².